The summed E-state index contributed by atoms with van der Waals surface area (Å²) in [5, 5.41) is 6.14. The van der Waals surface area contributed by atoms with Crippen LogP contribution < -0.4 is 10.1 Å². The first kappa shape index (κ1) is 14.4. The molecule has 102 valence electrons. The van der Waals surface area contributed by atoms with Gasteiger partial charge in [-0.2, -0.15) is 0 Å². The lowest BCUT2D eigenvalue weighted by Crippen LogP contribution is -2.18. The van der Waals surface area contributed by atoms with Crippen LogP contribution in [0.3, 0.4) is 0 Å². The van der Waals surface area contributed by atoms with Gasteiger partial charge in [-0.15, -0.1) is 11.3 Å². The number of benzene rings is 1. The van der Waals surface area contributed by atoms with Gasteiger partial charge in [-0.25, -0.2) is 0 Å². The van der Waals surface area contributed by atoms with Gasteiger partial charge in [0.15, 0.2) is 0 Å². The summed E-state index contributed by atoms with van der Waals surface area (Å²) < 4.78 is 5.73. The Kier molecular flexibility index (Phi) is 4.86. The Morgan fingerprint density at radius 3 is 2.74 bits per heavy atom. The molecule has 1 aromatic carbocycles. The fourth-order valence-corrected chi connectivity index (χ4v) is 3.41. The van der Waals surface area contributed by atoms with Crippen LogP contribution in [0.25, 0.3) is 0 Å². The van der Waals surface area contributed by atoms with E-state index in [-0.39, 0.29) is 6.04 Å². The van der Waals surface area contributed by atoms with Crippen molar-refractivity contribution in [1.82, 2.24) is 5.32 Å². The normalized spacial score (nSPS) is 12.4. The van der Waals surface area contributed by atoms with Crippen molar-refractivity contribution in [3.05, 3.63) is 50.7 Å². The SMILES string of the molecule is CCOc1ccc(C)cc1C(NC)c1sccc1Cl. The molecule has 19 heavy (non-hydrogen) atoms. The molecule has 0 saturated carbocycles. The van der Waals surface area contributed by atoms with Gasteiger partial charge in [0.25, 0.3) is 0 Å². The number of hydrogen-bond donors (Lipinski definition) is 1. The third kappa shape index (κ3) is 3.11. The minimum atomic E-state index is 0.0638. The van der Waals surface area contributed by atoms with Crippen molar-refractivity contribution < 1.29 is 4.74 Å². The summed E-state index contributed by atoms with van der Waals surface area (Å²) in [5.74, 6) is 0.914. The van der Waals surface area contributed by atoms with Crippen LogP contribution >= 0.6 is 22.9 Å². The van der Waals surface area contributed by atoms with Gasteiger partial charge in [-0.3, -0.25) is 0 Å². The third-order valence-corrected chi connectivity index (χ3v) is 4.40. The van der Waals surface area contributed by atoms with Gasteiger partial charge in [-0.1, -0.05) is 29.3 Å². The Labute approximate surface area is 123 Å². The molecule has 0 amide bonds. The molecule has 2 nitrogen and oxygen atoms in total. The molecule has 1 aromatic heterocycles. The van der Waals surface area contributed by atoms with Gasteiger partial charge in [0.2, 0.25) is 0 Å². The molecule has 4 heteroatoms. The van der Waals surface area contributed by atoms with Crippen molar-refractivity contribution >= 4 is 22.9 Å². The molecular weight excluding hydrogens is 278 g/mol. The van der Waals surface area contributed by atoms with E-state index < -0.39 is 0 Å². The average molecular weight is 296 g/mol. The van der Waals surface area contributed by atoms with Crippen molar-refractivity contribution in [2.45, 2.75) is 19.9 Å². The predicted octanol–water partition coefficient (Wildman–Crippen LogP) is 4.42. The van der Waals surface area contributed by atoms with Gasteiger partial charge >= 0.3 is 0 Å². The molecule has 0 aliphatic carbocycles. The monoisotopic (exact) mass is 295 g/mol. The zero-order chi connectivity index (χ0) is 13.8. The Morgan fingerprint density at radius 2 is 2.16 bits per heavy atom. The van der Waals surface area contributed by atoms with E-state index in [0.717, 1.165) is 21.2 Å². The van der Waals surface area contributed by atoms with Gasteiger partial charge in [-0.05, 0) is 38.4 Å². The number of rotatable bonds is 5. The molecule has 0 aliphatic rings. The Hall–Kier alpha value is -1.03. The van der Waals surface area contributed by atoms with Gasteiger partial charge in [0.1, 0.15) is 5.75 Å². The number of ether oxygens (including phenoxy) is 1. The fraction of sp³-hybridized carbons (Fsp3) is 0.333. The molecule has 0 aliphatic heterocycles. The second kappa shape index (κ2) is 6.42. The first-order valence-electron chi connectivity index (χ1n) is 6.30. The smallest absolute Gasteiger partial charge is 0.124 e. The molecule has 2 rings (SSSR count). The Morgan fingerprint density at radius 1 is 1.37 bits per heavy atom. The Balaban J connectivity index is 2.48. The number of halogens is 1. The van der Waals surface area contributed by atoms with E-state index in [2.05, 4.69) is 24.4 Å². The summed E-state index contributed by atoms with van der Waals surface area (Å²) in [7, 11) is 1.94. The summed E-state index contributed by atoms with van der Waals surface area (Å²) in [6.45, 7) is 4.74. The van der Waals surface area contributed by atoms with Crippen LogP contribution in [-0.4, -0.2) is 13.7 Å². The molecule has 0 bridgehead atoms. The lowest BCUT2D eigenvalue weighted by Gasteiger charge is -2.20. The van der Waals surface area contributed by atoms with Gasteiger partial charge in [0, 0.05) is 10.4 Å². The highest BCUT2D eigenvalue weighted by molar-refractivity contribution is 7.10. The zero-order valence-corrected chi connectivity index (χ0v) is 12.9. The van der Waals surface area contributed by atoms with Gasteiger partial charge in [0.05, 0.1) is 17.7 Å². The maximum Gasteiger partial charge on any atom is 0.124 e. The van der Waals surface area contributed by atoms with Crippen molar-refractivity contribution in [2.75, 3.05) is 13.7 Å². The first-order valence-corrected chi connectivity index (χ1v) is 7.56. The second-order valence-electron chi connectivity index (χ2n) is 4.33. The second-order valence-corrected chi connectivity index (χ2v) is 5.68. The molecule has 0 spiro atoms. The van der Waals surface area contributed by atoms with E-state index in [0.29, 0.717) is 6.61 Å². The largest absolute Gasteiger partial charge is 0.494 e. The number of aryl methyl sites for hydroxylation is 1. The van der Waals surface area contributed by atoms with Crippen molar-refractivity contribution in [1.29, 1.82) is 0 Å². The predicted molar refractivity (Wildman–Crippen MR) is 82.6 cm³/mol. The average Bonchev–Trinajstić information content (AvgIpc) is 2.80. The van der Waals surface area contributed by atoms with Crippen LogP contribution in [0.15, 0.2) is 29.6 Å². The highest BCUT2D eigenvalue weighted by atomic mass is 35.5. The molecule has 1 N–H and O–H groups in total. The maximum atomic E-state index is 6.26. The van der Waals surface area contributed by atoms with E-state index in [4.69, 9.17) is 16.3 Å². The highest BCUT2D eigenvalue weighted by Crippen LogP contribution is 2.37. The van der Waals surface area contributed by atoms with Crippen molar-refractivity contribution in [3.8, 4) is 5.75 Å². The summed E-state index contributed by atoms with van der Waals surface area (Å²) >= 11 is 7.92. The molecule has 2 aromatic rings. The third-order valence-electron chi connectivity index (χ3n) is 2.97. The Bertz CT molecular complexity index is 553. The number of nitrogens with one attached hydrogen (secondary N) is 1. The minimum absolute atomic E-state index is 0.0638. The quantitative estimate of drug-likeness (QED) is 0.882. The van der Waals surface area contributed by atoms with Crippen LogP contribution in [-0.2, 0) is 0 Å². The summed E-state index contributed by atoms with van der Waals surface area (Å²) in [6, 6.07) is 8.25. The van der Waals surface area contributed by atoms with E-state index in [1.165, 1.54) is 5.56 Å². The minimum Gasteiger partial charge on any atom is -0.494 e. The fourth-order valence-electron chi connectivity index (χ4n) is 2.12. The van der Waals surface area contributed by atoms with Crippen LogP contribution in [0.4, 0.5) is 0 Å². The topological polar surface area (TPSA) is 21.3 Å². The highest BCUT2D eigenvalue weighted by Gasteiger charge is 2.20. The first-order chi connectivity index (χ1) is 9.17. The van der Waals surface area contributed by atoms with Crippen LogP contribution in [0.2, 0.25) is 5.02 Å². The van der Waals surface area contributed by atoms with Crippen LogP contribution in [0.1, 0.15) is 29.0 Å². The van der Waals surface area contributed by atoms with E-state index in [1.54, 1.807) is 11.3 Å². The summed E-state index contributed by atoms with van der Waals surface area (Å²) in [4.78, 5) is 1.12. The maximum absolute atomic E-state index is 6.26. The van der Waals surface area contributed by atoms with Gasteiger partial charge < -0.3 is 10.1 Å². The van der Waals surface area contributed by atoms with Crippen LogP contribution in [0.5, 0.6) is 5.75 Å². The number of hydrogen-bond acceptors (Lipinski definition) is 3. The number of thiophene rings is 1. The van der Waals surface area contributed by atoms with E-state index >= 15 is 0 Å². The zero-order valence-electron chi connectivity index (χ0n) is 11.4. The molecule has 1 atom stereocenters. The molecule has 0 saturated heterocycles. The lowest BCUT2D eigenvalue weighted by atomic mass is 10.0. The standard InChI is InChI=1S/C15H18ClNOS/c1-4-18-13-6-5-10(2)9-11(13)14(17-3)15-12(16)7-8-19-15/h5-9,14,17H,4H2,1-3H3. The summed E-state index contributed by atoms with van der Waals surface area (Å²) in [6.07, 6.45) is 0. The lowest BCUT2D eigenvalue weighted by molar-refractivity contribution is 0.334. The molecule has 1 heterocycles. The van der Waals surface area contributed by atoms with Crippen molar-refractivity contribution in [2.24, 2.45) is 0 Å². The van der Waals surface area contributed by atoms with Crippen molar-refractivity contribution in [3.63, 3.8) is 0 Å². The molecule has 0 fully saturated rings. The molecular formula is C15H18ClNOS. The molecule has 0 radical (unpaired) electrons. The molecule has 1 unspecified atom stereocenters. The summed E-state index contributed by atoms with van der Waals surface area (Å²) in [5.41, 5.74) is 2.35. The van der Waals surface area contributed by atoms with E-state index in [9.17, 15) is 0 Å². The van der Waals surface area contributed by atoms with E-state index in [1.807, 2.05) is 31.5 Å². The van der Waals surface area contributed by atoms with Crippen LogP contribution in [0, 0.1) is 6.92 Å².